The van der Waals surface area contributed by atoms with E-state index in [1.807, 2.05) is 36.0 Å². The number of hydrogen-bond donors (Lipinski definition) is 1. The molecule has 1 unspecified atom stereocenters. The van der Waals surface area contributed by atoms with Gasteiger partial charge in [-0.15, -0.1) is 0 Å². The lowest BCUT2D eigenvalue weighted by atomic mass is 9.98. The molecular formula is C12H17ClOS. The number of benzene rings is 1. The number of rotatable bonds is 6. The predicted molar refractivity (Wildman–Crippen MR) is 68.9 cm³/mol. The van der Waals surface area contributed by atoms with Gasteiger partial charge in [-0.2, -0.15) is 11.8 Å². The number of aliphatic hydroxyl groups excluding tert-OH is 1. The Labute approximate surface area is 101 Å². The Hall–Kier alpha value is -0.180. The molecule has 0 saturated heterocycles. The predicted octanol–water partition coefficient (Wildman–Crippen LogP) is 3.56. The maximum atomic E-state index is 9.31. The molecule has 1 atom stereocenters. The van der Waals surface area contributed by atoms with Crippen molar-refractivity contribution in [1.82, 2.24) is 0 Å². The van der Waals surface area contributed by atoms with E-state index in [0.29, 0.717) is 0 Å². The fourth-order valence-corrected chi connectivity index (χ4v) is 2.33. The molecule has 0 aromatic heterocycles. The number of aliphatic hydroxyl groups is 1. The first-order chi connectivity index (χ1) is 7.27. The van der Waals surface area contributed by atoms with Crippen LogP contribution < -0.4 is 0 Å². The summed E-state index contributed by atoms with van der Waals surface area (Å²) in [6.07, 6.45) is 1.02. The molecule has 0 aliphatic rings. The van der Waals surface area contributed by atoms with Gasteiger partial charge in [0.1, 0.15) is 0 Å². The van der Waals surface area contributed by atoms with Gasteiger partial charge in [-0.3, -0.25) is 0 Å². The van der Waals surface area contributed by atoms with E-state index in [1.165, 1.54) is 5.56 Å². The minimum absolute atomic E-state index is 0.214. The SMILES string of the molecule is CCSCCC(CO)c1ccc(Cl)cc1. The van der Waals surface area contributed by atoms with Crippen LogP contribution in [0.4, 0.5) is 0 Å². The van der Waals surface area contributed by atoms with Gasteiger partial charge in [-0.1, -0.05) is 30.7 Å². The zero-order valence-electron chi connectivity index (χ0n) is 8.95. The Kier molecular flexibility index (Phi) is 6.15. The van der Waals surface area contributed by atoms with Crippen molar-refractivity contribution in [1.29, 1.82) is 0 Å². The van der Waals surface area contributed by atoms with E-state index in [4.69, 9.17) is 11.6 Å². The van der Waals surface area contributed by atoms with E-state index < -0.39 is 0 Å². The van der Waals surface area contributed by atoms with Crippen LogP contribution in [0.1, 0.15) is 24.8 Å². The molecular weight excluding hydrogens is 228 g/mol. The average molecular weight is 245 g/mol. The Bertz CT molecular complexity index is 273. The van der Waals surface area contributed by atoms with Crippen molar-refractivity contribution in [3.63, 3.8) is 0 Å². The minimum atomic E-state index is 0.214. The normalized spacial score (nSPS) is 12.7. The molecule has 0 aliphatic carbocycles. The van der Waals surface area contributed by atoms with E-state index in [0.717, 1.165) is 22.9 Å². The zero-order chi connectivity index (χ0) is 11.1. The van der Waals surface area contributed by atoms with Gasteiger partial charge in [0.05, 0.1) is 0 Å². The van der Waals surface area contributed by atoms with Gasteiger partial charge < -0.3 is 5.11 Å². The molecule has 1 nitrogen and oxygen atoms in total. The zero-order valence-corrected chi connectivity index (χ0v) is 10.5. The van der Waals surface area contributed by atoms with Gasteiger partial charge in [-0.25, -0.2) is 0 Å². The first-order valence-corrected chi connectivity index (χ1v) is 6.75. The van der Waals surface area contributed by atoms with Crippen LogP contribution in [0.5, 0.6) is 0 Å². The molecule has 0 amide bonds. The van der Waals surface area contributed by atoms with Crippen LogP contribution in [0, 0.1) is 0 Å². The van der Waals surface area contributed by atoms with Crippen molar-refractivity contribution in [2.75, 3.05) is 18.1 Å². The highest BCUT2D eigenvalue weighted by Gasteiger charge is 2.09. The molecule has 1 aromatic rings. The molecule has 84 valence electrons. The van der Waals surface area contributed by atoms with Gasteiger partial charge in [-0.05, 0) is 35.6 Å². The van der Waals surface area contributed by atoms with Crippen molar-refractivity contribution >= 4 is 23.4 Å². The van der Waals surface area contributed by atoms with Crippen LogP contribution in [0.25, 0.3) is 0 Å². The van der Waals surface area contributed by atoms with Gasteiger partial charge in [0.15, 0.2) is 0 Å². The first kappa shape index (κ1) is 12.9. The summed E-state index contributed by atoms with van der Waals surface area (Å²) in [6, 6.07) is 7.76. The molecule has 1 rings (SSSR count). The summed E-state index contributed by atoms with van der Waals surface area (Å²) in [5.41, 5.74) is 1.18. The van der Waals surface area contributed by atoms with E-state index in [9.17, 15) is 5.11 Å². The summed E-state index contributed by atoms with van der Waals surface area (Å²) in [6.45, 7) is 2.37. The largest absolute Gasteiger partial charge is 0.396 e. The molecule has 3 heteroatoms. The molecule has 1 aromatic carbocycles. The Morgan fingerprint density at radius 2 is 2.00 bits per heavy atom. The van der Waals surface area contributed by atoms with Gasteiger partial charge in [0.25, 0.3) is 0 Å². The number of hydrogen-bond acceptors (Lipinski definition) is 2. The highest BCUT2D eigenvalue weighted by Crippen LogP contribution is 2.22. The lowest BCUT2D eigenvalue weighted by Crippen LogP contribution is -2.05. The molecule has 1 N–H and O–H groups in total. The van der Waals surface area contributed by atoms with E-state index >= 15 is 0 Å². The molecule has 15 heavy (non-hydrogen) atoms. The summed E-state index contributed by atoms with van der Waals surface area (Å²) >= 11 is 7.73. The molecule has 0 spiro atoms. The standard InChI is InChI=1S/C12H17ClOS/c1-2-15-8-7-11(9-14)10-3-5-12(13)6-4-10/h3-6,11,14H,2,7-9H2,1H3. The summed E-state index contributed by atoms with van der Waals surface area (Å²) in [4.78, 5) is 0. The molecule has 0 heterocycles. The highest BCUT2D eigenvalue weighted by molar-refractivity contribution is 7.99. The van der Waals surface area contributed by atoms with E-state index in [1.54, 1.807) is 0 Å². The number of thioether (sulfide) groups is 1. The van der Waals surface area contributed by atoms with Crippen LogP contribution in [0.15, 0.2) is 24.3 Å². The molecule has 0 radical (unpaired) electrons. The van der Waals surface area contributed by atoms with Crippen LogP contribution in [-0.4, -0.2) is 23.2 Å². The average Bonchev–Trinajstić information content (AvgIpc) is 2.26. The third-order valence-electron chi connectivity index (χ3n) is 2.38. The second-order valence-electron chi connectivity index (χ2n) is 3.42. The van der Waals surface area contributed by atoms with Crippen molar-refractivity contribution < 1.29 is 5.11 Å². The molecule has 0 aliphatic heterocycles. The fourth-order valence-electron chi connectivity index (χ4n) is 1.47. The molecule has 0 fully saturated rings. The van der Waals surface area contributed by atoms with Crippen molar-refractivity contribution in [3.8, 4) is 0 Å². The second kappa shape index (κ2) is 7.15. The summed E-state index contributed by atoms with van der Waals surface area (Å²) in [7, 11) is 0. The van der Waals surface area contributed by atoms with Gasteiger partial charge in [0.2, 0.25) is 0 Å². The van der Waals surface area contributed by atoms with Crippen molar-refractivity contribution in [2.45, 2.75) is 19.3 Å². The maximum absolute atomic E-state index is 9.31. The molecule has 0 bridgehead atoms. The van der Waals surface area contributed by atoms with Crippen molar-refractivity contribution in [2.24, 2.45) is 0 Å². The monoisotopic (exact) mass is 244 g/mol. The third kappa shape index (κ3) is 4.45. The summed E-state index contributed by atoms with van der Waals surface area (Å²) < 4.78 is 0. The summed E-state index contributed by atoms with van der Waals surface area (Å²) in [5.74, 6) is 2.49. The molecule has 0 saturated carbocycles. The van der Waals surface area contributed by atoms with Crippen LogP contribution in [0.3, 0.4) is 0 Å². The van der Waals surface area contributed by atoms with E-state index in [-0.39, 0.29) is 12.5 Å². The summed E-state index contributed by atoms with van der Waals surface area (Å²) in [5, 5.41) is 10.1. The Balaban J connectivity index is 2.53. The number of halogens is 1. The van der Waals surface area contributed by atoms with Gasteiger partial charge in [0, 0.05) is 17.5 Å². The van der Waals surface area contributed by atoms with Crippen LogP contribution in [0.2, 0.25) is 5.02 Å². The Morgan fingerprint density at radius 1 is 1.33 bits per heavy atom. The topological polar surface area (TPSA) is 20.2 Å². The lowest BCUT2D eigenvalue weighted by molar-refractivity contribution is 0.263. The van der Waals surface area contributed by atoms with Crippen LogP contribution >= 0.6 is 23.4 Å². The smallest absolute Gasteiger partial charge is 0.0500 e. The van der Waals surface area contributed by atoms with E-state index in [2.05, 4.69) is 6.92 Å². The van der Waals surface area contributed by atoms with Crippen LogP contribution in [-0.2, 0) is 0 Å². The highest BCUT2D eigenvalue weighted by atomic mass is 35.5. The van der Waals surface area contributed by atoms with Crippen molar-refractivity contribution in [3.05, 3.63) is 34.9 Å². The quantitative estimate of drug-likeness (QED) is 0.773. The fraction of sp³-hybridized carbons (Fsp3) is 0.500. The second-order valence-corrected chi connectivity index (χ2v) is 5.25. The minimum Gasteiger partial charge on any atom is -0.396 e. The lowest BCUT2D eigenvalue weighted by Gasteiger charge is -2.14. The Morgan fingerprint density at radius 3 is 2.53 bits per heavy atom. The first-order valence-electron chi connectivity index (χ1n) is 5.22. The third-order valence-corrected chi connectivity index (χ3v) is 3.56. The van der Waals surface area contributed by atoms with Gasteiger partial charge >= 0.3 is 0 Å². The maximum Gasteiger partial charge on any atom is 0.0500 e.